The summed E-state index contributed by atoms with van der Waals surface area (Å²) in [5.74, 6) is 4.56. The van der Waals surface area contributed by atoms with Gasteiger partial charge in [-0.05, 0) is 163 Å². The highest BCUT2D eigenvalue weighted by molar-refractivity contribution is 5.25. The van der Waals surface area contributed by atoms with Gasteiger partial charge in [-0.25, -0.2) is 0 Å². The van der Waals surface area contributed by atoms with E-state index in [9.17, 15) is 0 Å². The van der Waals surface area contributed by atoms with E-state index in [-0.39, 0.29) is 6.10 Å². The molecular formula is C56H99NO4. The molecule has 3 unspecified atom stereocenters. The molecule has 5 aliphatic rings. The third-order valence-electron chi connectivity index (χ3n) is 16.7. The quantitative estimate of drug-likeness (QED) is 0.0498. The van der Waals surface area contributed by atoms with Crippen LogP contribution in [0.3, 0.4) is 0 Å². The normalized spacial score (nSPS) is 29.9. The third-order valence-corrected chi connectivity index (χ3v) is 16.7. The maximum atomic E-state index is 6.51. The summed E-state index contributed by atoms with van der Waals surface area (Å²) in [7, 11) is 0. The lowest BCUT2D eigenvalue weighted by atomic mass is 9.47. The second-order valence-electron chi connectivity index (χ2n) is 21.6. The predicted octanol–water partition coefficient (Wildman–Crippen LogP) is 14.9. The summed E-state index contributed by atoms with van der Waals surface area (Å²) >= 11 is 0. The van der Waals surface area contributed by atoms with Crippen LogP contribution in [0.25, 0.3) is 0 Å². The number of unbranched alkanes of at least 4 members (excludes halogenated alkanes) is 10. The molecule has 4 aliphatic carbocycles. The van der Waals surface area contributed by atoms with Gasteiger partial charge < -0.3 is 23.8 Å². The van der Waals surface area contributed by atoms with Crippen molar-refractivity contribution in [1.82, 2.24) is 4.90 Å². The highest BCUT2D eigenvalue weighted by atomic mass is 16.6. The molecule has 8 atom stereocenters. The van der Waals surface area contributed by atoms with Crippen molar-refractivity contribution in [2.75, 3.05) is 59.3 Å². The van der Waals surface area contributed by atoms with Gasteiger partial charge in [-0.1, -0.05) is 135 Å². The molecule has 5 heteroatoms. The minimum absolute atomic E-state index is 0.120. The highest BCUT2D eigenvalue weighted by Gasteiger charge is 2.58. The van der Waals surface area contributed by atoms with Gasteiger partial charge >= 0.3 is 0 Å². The summed E-state index contributed by atoms with van der Waals surface area (Å²) in [5, 5.41) is 0. The number of nitrogens with zero attached hydrogens (tertiary/aromatic N) is 1. The van der Waals surface area contributed by atoms with Gasteiger partial charge in [-0.2, -0.15) is 0 Å². The summed E-state index contributed by atoms with van der Waals surface area (Å²) in [5.41, 5.74) is 2.72. The lowest BCUT2D eigenvalue weighted by Crippen LogP contribution is -2.50. The molecule has 0 aromatic carbocycles. The zero-order chi connectivity index (χ0) is 43.0. The topological polar surface area (TPSA) is 40.2 Å². The van der Waals surface area contributed by atoms with Gasteiger partial charge in [-0.3, -0.25) is 0 Å². The Morgan fingerprint density at radius 1 is 0.721 bits per heavy atom. The van der Waals surface area contributed by atoms with Gasteiger partial charge in [-0.15, -0.1) is 0 Å². The lowest BCUT2D eigenvalue weighted by Gasteiger charge is -2.58. The summed E-state index contributed by atoms with van der Waals surface area (Å²) in [6.45, 7) is 19.9. The largest absolute Gasteiger partial charge is 0.379 e. The van der Waals surface area contributed by atoms with Gasteiger partial charge in [0.05, 0.1) is 45.2 Å². The Hall–Kier alpha value is -0.980. The van der Waals surface area contributed by atoms with Crippen LogP contribution in [0.4, 0.5) is 0 Å². The van der Waals surface area contributed by atoms with Gasteiger partial charge in [0.2, 0.25) is 0 Å². The minimum Gasteiger partial charge on any atom is -0.379 e. The van der Waals surface area contributed by atoms with E-state index in [1.54, 1.807) is 5.57 Å². The second kappa shape index (κ2) is 28.8. The maximum Gasteiger partial charge on any atom is 0.0936 e. The van der Waals surface area contributed by atoms with Crippen LogP contribution in [0.15, 0.2) is 36.0 Å². The van der Waals surface area contributed by atoms with Gasteiger partial charge in [0.1, 0.15) is 0 Å². The fraction of sp³-hybridized carbons (Fsp3) is 0.893. The average Bonchev–Trinajstić information content (AvgIpc) is 3.60. The predicted molar refractivity (Wildman–Crippen MR) is 259 cm³/mol. The fourth-order valence-electron chi connectivity index (χ4n) is 12.9. The third kappa shape index (κ3) is 17.1. The SMILES string of the molecule is CCCCC/C=C\C/C=C\CCCCCCCCOC[C@H](CN1CCCCC1)OCCOCCO[C@H]1CC[C@@]2(C)C(=CCC3C2CC[C@@]2(C)C3CC[C@@H]2CCCCC(C)C)C1. The van der Waals surface area contributed by atoms with Crippen LogP contribution in [0.1, 0.15) is 208 Å². The smallest absolute Gasteiger partial charge is 0.0936 e. The molecule has 0 N–H and O–H groups in total. The fourth-order valence-corrected chi connectivity index (χ4v) is 12.9. The Balaban J connectivity index is 0.902. The molecule has 0 radical (unpaired) electrons. The molecule has 1 saturated heterocycles. The molecule has 61 heavy (non-hydrogen) atoms. The molecule has 0 aromatic rings. The first-order valence-corrected chi connectivity index (χ1v) is 26.9. The average molecular weight is 850 g/mol. The van der Waals surface area contributed by atoms with E-state index >= 15 is 0 Å². The number of allylic oxidation sites excluding steroid dienone is 5. The number of hydrogen-bond donors (Lipinski definition) is 0. The van der Waals surface area contributed by atoms with Gasteiger partial charge in [0.15, 0.2) is 0 Å². The summed E-state index contributed by atoms with van der Waals surface area (Å²) in [6.07, 6.45) is 48.5. The Morgan fingerprint density at radius 3 is 2.26 bits per heavy atom. The molecule has 4 fully saturated rings. The molecule has 0 spiro atoms. The molecule has 0 bridgehead atoms. The van der Waals surface area contributed by atoms with Crippen molar-refractivity contribution in [3.05, 3.63) is 36.0 Å². The lowest BCUT2D eigenvalue weighted by molar-refractivity contribution is -0.0715. The van der Waals surface area contributed by atoms with E-state index in [4.69, 9.17) is 18.9 Å². The van der Waals surface area contributed by atoms with Crippen LogP contribution in [0, 0.1) is 40.4 Å². The van der Waals surface area contributed by atoms with Crippen molar-refractivity contribution in [2.24, 2.45) is 40.4 Å². The zero-order valence-corrected chi connectivity index (χ0v) is 41.0. The number of rotatable bonds is 32. The first-order valence-electron chi connectivity index (χ1n) is 26.9. The zero-order valence-electron chi connectivity index (χ0n) is 41.0. The Morgan fingerprint density at radius 2 is 1.48 bits per heavy atom. The van der Waals surface area contributed by atoms with E-state index in [2.05, 4.69) is 69.9 Å². The first kappa shape index (κ1) is 51.0. The summed E-state index contributed by atoms with van der Waals surface area (Å²) < 4.78 is 25.2. The van der Waals surface area contributed by atoms with Crippen molar-refractivity contribution in [3.63, 3.8) is 0 Å². The molecule has 0 aromatic heterocycles. The monoisotopic (exact) mass is 850 g/mol. The molecule has 5 rings (SSSR count). The molecular weight excluding hydrogens is 751 g/mol. The van der Waals surface area contributed by atoms with Crippen LogP contribution < -0.4 is 0 Å². The number of fused-ring (bicyclic) bond motifs is 5. The Bertz CT molecular complexity index is 1240. The maximum absolute atomic E-state index is 6.51. The molecule has 1 heterocycles. The van der Waals surface area contributed by atoms with Crippen LogP contribution >= 0.6 is 0 Å². The standard InChI is InChI=1S/C56H99NO4/c1-6-7-8-9-10-11-12-13-14-15-16-17-18-19-20-26-39-59-46-51(45-57-37-24-21-25-38-57)61-43-41-58-40-42-60-50-33-35-56(5)49(44-50)29-31-52-53-32-30-48(28-23-22-27-47(2)3)55(53,4)36-34-54(52)56/h10-11,13-14,29,47-48,50-54H,6-9,12,15-28,30-46H2,1-5H3/b11-10-,14-13-/t48-,50-,51-,52?,53?,54?,55+,56-/m0/s1. The number of likely N-dealkylation sites (tertiary alicyclic amines) is 1. The van der Waals surface area contributed by atoms with Gasteiger partial charge in [0, 0.05) is 13.2 Å². The van der Waals surface area contributed by atoms with Crippen molar-refractivity contribution in [3.8, 4) is 0 Å². The minimum atomic E-state index is 0.120. The Kier molecular flexibility index (Phi) is 24.1. The van der Waals surface area contributed by atoms with Crippen LogP contribution in [-0.2, 0) is 18.9 Å². The molecule has 352 valence electrons. The summed E-state index contributed by atoms with van der Waals surface area (Å²) in [4.78, 5) is 2.58. The van der Waals surface area contributed by atoms with Crippen molar-refractivity contribution >= 4 is 0 Å². The van der Waals surface area contributed by atoms with Gasteiger partial charge in [0.25, 0.3) is 0 Å². The van der Waals surface area contributed by atoms with E-state index in [0.29, 0.717) is 50.0 Å². The van der Waals surface area contributed by atoms with E-state index in [1.807, 2.05) is 0 Å². The highest BCUT2D eigenvalue weighted by Crippen LogP contribution is 2.66. The van der Waals surface area contributed by atoms with Crippen molar-refractivity contribution in [2.45, 2.75) is 220 Å². The number of hydrogen-bond acceptors (Lipinski definition) is 5. The van der Waals surface area contributed by atoms with Crippen molar-refractivity contribution < 1.29 is 18.9 Å². The van der Waals surface area contributed by atoms with E-state index in [0.717, 1.165) is 62.0 Å². The summed E-state index contributed by atoms with van der Waals surface area (Å²) in [6, 6.07) is 0. The molecule has 1 aliphatic heterocycles. The van der Waals surface area contributed by atoms with E-state index in [1.165, 1.54) is 167 Å². The Labute approximate surface area is 378 Å². The van der Waals surface area contributed by atoms with Crippen LogP contribution in [-0.4, -0.2) is 76.4 Å². The first-order chi connectivity index (χ1) is 29.8. The van der Waals surface area contributed by atoms with Crippen molar-refractivity contribution in [1.29, 1.82) is 0 Å². The number of ether oxygens (including phenoxy) is 4. The van der Waals surface area contributed by atoms with Crippen LogP contribution in [0.5, 0.6) is 0 Å². The second-order valence-corrected chi connectivity index (χ2v) is 21.6. The number of piperidine rings is 1. The molecule has 3 saturated carbocycles. The molecule has 5 nitrogen and oxygen atoms in total. The molecule has 0 amide bonds. The van der Waals surface area contributed by atoms with Crippen LogP contribution in [0.2, 0.25) is 0 Å². The van der Waals surface area contributed by atoms with E-state index < -0.39 is 0 Å².